The fourth-order valence-corrected chi connectivity index (χ4v) is 1.59. The highest BCUT2D eigenvalue weighted by Crippen LogP contribution is 2.04. The first-order valence-corrected chi connectivity index (χ1v) is 4.76. The molecule has 17 heavy (non-hydrogen) atoms. The van der Waals surface area contributed by atoms with E-state index in [9.17, 15) is 19.5 Å². The lowest BCUT2D eigenvalue weighted by atomic mass is 10.4. The molecule has 0 radical (unpaired) electrons. The summed E-state index contributed by atoms with van der Waals surface area (Å²) in [7, 11) is 2.79. The van der Waals surface area contributed by atoms with E-state index in [4.69, 9.17) is 0 Å². The van der Waals surface area contributed by atoms with Crippen molar-refractivity contribution < 1.29 is 9.90 Å². The number of nitrogens with zero attached hydrogens (tertiary/aromatic N) is 3. The van der Waals surface area contributed by atoms with Crippen LogP contribution in [-0.4, -0.2) is 25.1 Å². The van der Waals surface area contributed by atoms with Gasteiger partial charge in [0.15, 0.2) is 5.65 Å². The predicted octanol–water partition coefficient (Wildman–Crippen LogP) is -2.75. The SMILES string of the molecule is Cn1c(=O)c2[nH]c(CC(=O)[O-])nc2n(C)c1=O. The van der Waals surface area contributed by atoms with Crippen LogP contribution in [0.25, 0.3) is 11.2 Å². The number of H-pyrrole nitrogens is 1. The minimum absolute atomic E-state index is 0.0818. The molecule has 0 amide bonds. The van der Waals surface area contributed by atoms with E-state index in [1.54, 1.807) is 0 Å². The van der Waals surface area contributed by atoms with E-state index in [-0.39, 0.29) is 17.0 Å². The first kappa shape index (κ1) is 11.1. The zero-order valence-electron chi connectivity index (χ0n) is 9.18. The van der Waals surface area contributed by atoms with Crippen LogP contribution in [-0.2, 0) is 25.3 Å². The van der Waals surface area contributed by atoms with Crippen LogP contribution in [0.3, 0.4) is 0 Å². The zero-order chi connectivity index (χ0) is 12.7. The monoisotopic (exact) mass is 237 g/mol. The average Bonchev–Trinajstić information content (AvgIpc) is 2.66. The molecule has 0 atom stereocenters. The van der Waals surface area contributed by atoms with Gasteiger partial charge in [0, 0.05) is 26.5 Å². The van der Waals surface area contributed by atoms with Crippen molar-refractivity contribution in [1.82, 2.24) is 19.1 Å². The molecule has 8 nitrogen and oxygen atoms in total. The summed E-state index contributed by atoms with van der Waals surface area (Å²) in [6, 6.07) is 0. The lowest BCUT2D eigenvalue weighted by molar-refractivity contribution is -0.304. The Hall–Kier alpha value is -2.38. The number of aromatic nitrogens is 4. The van der Waals surface area contributed by atoms with E-state index >= 15 is 0 Å². The summed E-state index contributed by atoms with van der Waals surface area (Å²) in [5.41, 5.74) is -0.825. The Morgan fingerprint density at radius 1 is 1.35 bits per heavy atom. The van der Waals surface area contributed by atoms with Gasteiger partial charge >= 0.3 is 5.69 Å². The van der Waals surface area contributed by atoms with Crippen molar-refractivity contribution in [3.63, 3.8) is 0 Å². The van der Waals surface area contributed by atoms with Crippen LogP contribution in [0.5, 0.6) is 0 Å². The number of hydrogen-bond acceptors (Lipinski definition) is 5. The number of rotatable bonds is 2. The molecule has 0 aromatic carbocycles. The highest BCUT2D eigenvalue weighted by molar-refractivity contribution is 5.72. The third-order valence-electron chi connectivity index (χ3n) is 2.46. The lowest BCUT2D eigenvalue weighted by Crippen LogP contribution is -2.36. The fourth-order valence-electron chi connectivity index (χ4n) is 1.59. The summed E-state index contributed by atoms with van der Waals surface area (Å²) >= 11 is 0. The minimum Gasteiger partial charge on any atom is -0.550 e. The maximum absolute atomic E-state index is 11.7. The molecule has 2 aromatic rings. The van der Waals surface area contributed by atoms with Gasteiger partial charge in [0.2, 0.25) is 0 Å². The Morgan fingerprint density at radius 2 is 2.00 bits per heavy atom. The summed E-state index contributed by atoms with van der Waals surface area (Å²) in [6.45, 7) is 0. The molecule has 0 spiro atoms. The number of nitrogens with one attached hydrogen (secondary N) is 1. The fraction of sp³-hybridized carbons (Fsp3) is 0.333. The molecule has 0 fully saturated rings. The number of carbonyl (C=O) groups excluding carboxylic acids is 1. The van der Waals surface area contributed by atoms with Crippen molar-refractivity contribution in [3.05, 3.63) is 26.7 Å². The van der Waals surface area contributed by atoms with E-state index in [0.717, 1.165) is 4.57 Å². The highest BCUT2D eigenvalue weighted by atomic mass is 16.4. The molecule has 2 aromatic heterocycles. The number of fused-ring (bicyclic) bond motifs is 1. The van der Waals surface area contributed by atoms with E-state index in [1.165, 1.54) is 18.7 Å². The largest absolute Gasteiger partial charge is 0.550 e. The van der Waals surface area contributed by atoms with Gasteiger partial charge in [-0.25, -0.2) is 9.78 Å². The molecule has 0 saturated heterocycles. The molecule has 1 N–H and O–H groups in total. The van der Waals surface area contributed by atoms with E-state index in [1.807, 2.05) is 0 Å². The van der Waals surface area contributed by atoms with Crippen LogP contribution in [0.15, 0.2) is 9.59 Å². The van der Waals surface area contributed by atoms with Crippen LogP contribution in [0.2, 0.25) is 0 Å². The normalized spacial score (nSPS) is 10.9. The van der Waals surface area contributed by atoms with Crippen molar-refractivity contribution in [2.75, 3.05) is 0 Å². The first-order valence-electron chi connectivity index (χ1n) is 4.76. The number of carbonyl (C=O) groups is 1. The molecule has 0 saturated carbocycles. The van der Waals surface area contributed by atoms with Gasteiger partial charge in [0.1, 0.15) is 11.3 Å². The van der Waals surface area contributed by atoms with Crippen molar-refractivity contribution in [2.45, 2.75) is 6.42 Å². The molecule has 0 unspecified atom stereocenters. The molecular formula is C9H9N4O4-. The molecule has 0 aliphatic carbocycles. The van der Waals surface area contributed by atoms with Crippen LogP contribution >= 0.6 is 0 Å². The van der Waals surface area contributed by atoms with Gasteiger partial charge in [-0.1, -0.05) is 0 Å². The summed E-state index contributed by atoms with van der Waals surface area (Å²) < 4.78 is 2.09. The van der Waals surface area contributed by atoms with Crippen LogP contribution in [0, 0.1) is 0 Å². The Morgan fingerprint density at radius 3 is 2.59 bits per heavy atom. The number of imidazole rings is 1. The highest BCUT2D eigenvalue weighted by Gasteiger charge is 2.13. The second-order valence-electron chi connectivity index (χ2n) is 3.64. The second-order valence-corrected chi connectivity index (χ2v) is 3.64. The molecule has 0 aliphatic rings. The molecular weight excluding hydrogens is 228 g/mol. The zero-order valence-corrected chi connectivity index (χ0v) is 9.18. The summed E-state index contributed by atoms with van der Waals surface area (Å²) in [5, 5.41) is 10.4. The smallest absolute Gasteiger partial charge is 0.332 e. The quantitative estimate of drug-likeness (QED) is 0.608. The van der Waals surface area contributed by atoms with Gasteiger partial charge in [-0.15, -0.1) is 0 Å². The van der Waals surface area contributed by atoms with Crippen molar-refractivity contribution in [3.8, 4) is 0 Å². The van der Waals surface area contributed by atoms with Crippen molar-refractivity contribution >= 4 is 17.1 Å². The van der Waals surface area contributed by atoms with Gasteiger partial charge in [-0.2, -0.15) is 0 Å². The minimum atomic E-state index is -1.31. The Balaban J connectivity index is 2.82. The molecule has 0 aliphatic heterocycles. The maximum atomic E-state index is 11.7. The van der Waals surface area contributed by atoms with Gasteiger partial charge < -0.3 is 14.9 Å². The van der Waals surface area contributed by atoms with E-state index in [0.29, 0.717) is 0 Å². The summed E-state index contributed by atoms with van der Waals surface area (Å²) in [4.78, 5) is 40.2. The Kier molecular flexibility index (Phi) is 2.34. The number of aromatic amines is 1. The molecule has 2 rings (SSSR count). The van der Waals surface area contributed by atoms with Crippen LogP contribution in [0.4, 0.5) is 0 Å². The third-order valence-corrected chi connectivity index (χ3v) is 2.46. The predicted molar refractivity (Wildman–Crippen MR) is 55.3 cm³/mol. The van der Waals surface area contributed by atoms with Crippen molar-refractivity contribution in [2.24, 2.45) is 14.1 Å². The molecule has 8 heteroatoms. The topological polar surface area (TPSA) is 113 Å². The summed E-state index contributed by atoms with van der Waals surface area (Å²) in [5.74, 6) is -1.23. The van der Waals surface area contributed by atoms with E-state index < -0.39 is 23.6 Å². The number of carboxylic acids is 1. The lowest BCUT2D eigenvalue weighted by Gasteiger charge is -2.00. The third kappa shape index (κ3) is 1.63. The number of carboxylic acid groups (broad SMARTS) is 1. The summed E-state index contributed by atoms with van der Waals surface area (Å²) in [6.07, 6.45) is -0.438. The van der Waals surface area contributed by atoms with Crippen LogP contribution in [0.1, 0.15) is 5.82 Å². The Bertz CT molecular complexity index is 721. The molecule has 2 heterocycles. The first-order chi connectivity index (χ1) is 7.91. The molecule has 0 bridgehead atoms. The van der Waals surface area contributed by atoms with Gasteiger partial charge in [-0.05, 0) is 0 Å². The maximum Gasteiger partial charge on any atom is 0.332 e. The standard InChI is InChI=1S/C9H10N4O4/c1-12-7-6(8(16)13(2)9(12)17)10-4(11-7)3-5(14)15/h3H2,1-2H3,(H,10,11)(H,14,15)/p-1. The van der Waals surface area contributed by atoms with E-state index in [2.05, 4.69) is 9.97 Å². The number of hydrogen-bond donors (Lipinski definition) is 1. The molecule has 90 valence electrons. The van der Waals surface area contributed by atoms with Crippen molar-refractivity contribution in [1.29, 1.82) is 0 Å². The van der Waals surface area contributed by atoms with Gasteiger partial charge in [0.05, 0.1) is 0 Å². The van der Waals surface area contributed by atoms with Crippen LogP contribution < -0.4 is 16.4 Å². The second kappa shape index (κ2) is 3.58. The Labute approximate surface area is 94.1 Å². The van der Waals surface area contributed by atoms with Gasteiger partial charge in [0.25, 0.3) is 5.56 Å². The number of aryl methyl sites for hydroxylation is 1. The van der Waals surface area contributed by atoms with Gasteiger partial charge in [-0.3, -0.25) is 13.9 Å². The average molecular weight is 237 g/mol. The number of aliphatic carboxylic acids is 1.